The van der Waals surface area contributed by atoms with Crippen molar-refractivity contribution < 1.29 is 4.74 Å². The molecule has 4 nitrogen and oxygen atoms in total. The van der Waals surface area contributed by atoms with Crippen molar-refractivity contribution in [3.8, 4) is 5.75 Å². The van der Waals surface area contributed by atoms with Crippen molar-refractivity contribution in [3.63, 3.8) is 0 Å². The Morgan fingerprint density at radius 2 is 2.44 bits per heavy atom. The van der Waals surface area contributed by atoms with E-state index in [9.17, 15) is 0 Å². The van der Waals surface area contributed by atoms with Gasteiger partial charge in [0, 0.05) is 7.05 Å². The zero-order valence-corrected chi connectivity index (χ0v) is 10.4. The van der Waals surface area contributed by atoms with Gasteiger partial charge in [-0.25, -0.2) is 0 Å². The zero-order chi connectivity index (χ0) is 11.5. The van der Waals surface area contributed by atoms with E-state index in [-0.39, 0.29) is 0 Å². The highest BCUT2D eigenvalue weighted by Gasteiger charge is 2.26. The molecule has 0 saturated carbocycles. The van der Waals surface area contributed by atoms with Gasteiger partial charge in [-0.05, 0) is 25.3 Å². The summed E-state index contributed by atoms with van der Waals surface area (Å²) in [4.78, 5) is 0. The highest BCUT2D eigenvalue weighted by molar-refractivity contribution is 5.28. The standard InChI is InChI=1S/C12H21N3O/c1-4-9-5-6-13-10(7-9)12-11(16-3)8-14-15(12)2/h8-10,13H,4-7H2,1-3H3. The van der Waals surface area contributed by atoms with Gasteiger partial charge in [0.15, 0.2) is 5.75 Å². The Hall–Kier alpha value is -1.03. The summed E-state index contributed by atoms with van der Waals surface area (Å²) >= 11 is 0. The fourth-order valence-electron chi connectivity index (χ4n) is 2.56. The number of hydrogen-bond donors (Lipinski definition) is 1. The monoisotopic (exact) mass is 223 g/mol. The van der Waals surface area contributed by atoms with Crippen LogP contribution >= 0.6 is 0 Å². The first kappa shape index (κ1) is 11.5. The molecule has 2 rings (SSSR count). The summed E-state index contributed by atoms with van der Waals surface area (Å²) in [5.41, 5.74) is 1.18. The summed E-state index contributed by atoms with van der Waals surface area (Å²) in [5.74, 6) is 1.72. The maximum Gasteiger partial charge on any atom is 0.161 e. The van der Waals surface area contributed by atoms with Gasteiger partial charge in [-0.2, -0.15) is 5.10 Å². The lowest BCUT2D eigenvalue weighted by molar-refractivity contribution is 0.283. The lowest BCUT2D eigenvalue weighted by Gasteiger charge is -2.30. The first-order valence-electron chi connectivity index (χ1n) is 6.05. The smallest absolute Gasteiger partial charge is 0.161 e. The number of methoxy groups -OCH3 is 1. The van der Waals surface area contributed by atoms with Crippen molar-refractivity contribution in [2.24, 2.45) is 13.0 Å². The van der Waals surface area contributed by atoms with Gasteiger partial charge in [0.1, 0.15) is 0 Å². The van der Waals surface area contributed by atoms with E-state index in [1.165, 1.54) is 25.0 Å². The minimum atomic E-state index is 0.390. The third kappa shape index (κ3) is 2.07. The number of piperidine rings is 1. The molecule has 0 aromatic carbocycles. The first-order chi connectivity index (χ1) is 7.76. The Labute approximate surface area is 97.0 Å². The molecule has 1 N–H and O–H groups in total. The second-order valence-corrected chi connectivity index (χ2v) is 4.53. The van der Waals surface area contributed by atoms with Crippen molar-refractivity contribution in [2.45, 2.75) is 32.2 Å². The van der Waals surface area contributed by atoms with Gasteiger partial charge in [-0.1, -0.05) is 13.3 Å². The van der Waals surface area contributed by atoms with E-state index in [2.05, 4.69) is 17.3 Å². The van der Waals surface area contributed by atoms with Crippen LogP contribution in [0.4, 0.5) is 0 Å². The fraction of sp³-hybridized carbons (Fsp3) is 0.750. The predicted octanol–water partition coefficient (Wildman–Crippen LogP) is 1.88. The van der Waals surface area contributed by atoms with Crippen molar-refractivity contribution in [1.82, 2.24) is 15.1 Å². The number of hydrogen-bond acceptors (Lipinski definition) is 3. The van der Waals surface area contributed by atoms with E-state index in [4.69, 9.17) is 4.74 Å². The molecule has 1 aromatic rings. The second kappa shape index (κ2) is 4.87. The lowest BCUT2D eigenvalue weighted by atomic mass is 9.89. The molecule has 0 radical (unpaired) electrons. The predicted molar refractivity (Wildman–Crippen MR) is 63.5 cm³/mol. The van der Waals surface area contributed by atoms with Gasteiger partial charge in [0.25, 0.3) is 0 Å². The molecular weight excluding hydrogens is 202 g/mol. The minimum Gasteiger partial charge on any atom is -0.493 e. The zero-order valence-electron chi connectivity index (χ0n) is 10.4. The van der Waals surface area contributed by atoms with Gasteiger partial charge in [0.2, 0.25) is 0 Å². The van der Waals surface area contributed by atoms with Crippen LogP contribution in [0.5, 0.6) is 5.75 Å². The molecule has 0 amide bonds. The molecule has 0 bridgehead atoms. The first-order valence-corrected chi connectivity index (χ1v) is 6.05. The molecule has 2 atom stereocenters. The number of aryl methyl sites for hydroxylation is 1. The van der Waals surface area contributed by atoms with Crippen LogP contribution in [0.2, 0.25) is 0 Å². The molecule has 1 saturated heterocycles. The minimum absolute atomic E-state index is 0.390. The van der Waals surface area contributed by atoms with Gasteiger partial charge in [0.05, 0.1) is 25.0 Å². The maximum absolute atomic E-state index is 5.36. The van der Waals surface area contributed by atoms with Crippen molar-refractivity contribution >= 4 is 0 Å². The molecule has 90 valence electrons. The largest absolute Gasteiger partial charge is 0.493 e. The molecule has 4 heteroatoms. The highest BCUT2D eigenvalue weighted by atomic mass is 16.5. The summed E-state index contributed by atoms with van der Waals surface area (Å²) in [7, 11) is 3.69. The molecule has 0 aliphatic carbocycles. The highest BCUT2D eigenvalue weighted by Crippen LogP contribution is 2.33. The van der Waals surface area contributed by atoms with E-state index in [1.54, 1.807) is 13.3 Å². The number of rotatable bonds is 3. The van der Waals surface area contributed by atoms with Crippen LogP contribution in [-0.4, -0.2) is 23.4 Å². The molecule has 1 aromatic heterocycles. The summed E-state index contributed by atoms with van der Waals surface area (Å²) < 4.78 is 7.29. The van der Waals surface area contributed by atoms with Crippen molar-refractivity contribution in [1.29, 1.82) is 0 Å². The van der Waals surface area contributed by atoms with Crippen LogP contribution in [0, 0.1) is 5.92 Å². The number of nitrogens with zero attached hydrogens (tertiary/aromatic N) is 2. The summed E-state index contributed by atoms with van der Waals surface area (Å²) in [5, 5.41) is 7.83. The van der Waals surface area contributed by atoms with E-state index in [0.29, 0.717) is 6.04 Å². The van der Waals surface area contributed by atoms with E-state index in [1.807, 2.05) is 11.7 Å². The summed E-state index contributed by atoms with van der Waals surface area (Å²) in [6, 6.07) is 0.390. The van der Waals surface area contributed by atoms with Gasteiger partial charge in [-0.3, -0.25) is 4.68 Å². The Bertz CT molecular complexity index is 348. The van der Waals surface area contributed by atoms with Crippen LogP contribution in [0.3, 0.4) is 0 Å². The molecule has 1 aliphatic rings. The van der Waals surface area contributed by atoms with Crippen LogP contribution in [-0.2, 0) is 7.05 Å². The number of nitrogens with one attached hydrogen (secondary N) is 1. The Kier molecular flexibility index (Phi) is 3.49. The normalized spacial score (nSPS) is 25.7. The topological polar surface area (TPSA) is 39.1 Å². The van der Waals surface area contributed by atoms with Gasteiger partial charge < -0.3 is 10.1 Å². The lowest BCUT2D eigenvalue weighted by Crippen LogP contribution is -2.33. The SMILES string of the molecule is CCC1CCNC(c2c(OC)cnn2C)C1. The fourth-order valence-corrected chi connectivity index (χ4v) is 2.56. The maximum atomic E-state index is 5.36. The van der Waals surface area contributed by atoms with Crippen LogP contribution in [0.1, 0.15) is 37.9 Å². The molecular formula is C12H21N3O. The Balaban J connectivity index is 2.19. The average Bonchev–Trinajstić information content (AvgIpc) is 2.70. The van der Waals surface area contributed by atoms with Crippen LogP contribution in [0.25, 0.3) is 0 Å². The molecule has 1 aliphatic heterocycles. The van der Waals surface area contributed by atoms with Crippen molar-refractivity contribution in [3.05, 3.63) is 11.9 Å². The summed E-state index contributed by atoms with van der Waals surface area (Å²) in [6.45, 7) is 3.37. The van der Waals surface area contributed by atoms with Gasteiger partial charge >= 0.3 is 0 Å². The number of ether oxygens (including phenoxy) is 1. The van der Waals surface area contributed by atoms with E-state index < -0.39 is 0 Å². The van der Waals surface area contributed by atoms with E-state index in [0.717, 1.165) is 18.2 Å². The Morgan fingerprint density at radius 3 is 3.12 bits per heavy atom. The van der Waals surface area contributed by atoms with E-state index >= 15 is 0 Å². The van der Waals surface area contributed by atoms with Gasteiger partial charge in [-0.15, -0.1) is 0 Å². The van der Waals surface area contributed by atoms with Crippen LogP contribution < -0.4 is 10.1 Å². The third-order valence-corrected chi connectivity index (χ3v) is 3.59. The average molecular weight is 223 g/mol. The van der Waals surface area contributed by atoms with Crippen LogP contribution in [0.15, 0.2) is 6.20 Å². The second-order valence-electron chi connectivity index (χ2n) is 4.53. The molecule has 1 fully saturated rings. The molecule has 2 unspecified atom stereocenters. The quantitative estimate of drug-likeness (QED) is 0.850. The molecule has 0 spiro atoms. The Morgan fingerprint density at radius 1 is 1.62 bits per heavy atom. The van der Waals surface area contributed by atoms with Crippen molar-refractivity contribution in [2.75, 3.05) is 13.7 Å². The number of aromatic nitrogens is 2. The third-order valence-electron chi connectivity index (χ3n) is 3.59. The summed E-state index contributed by atoms with van der Waals surface area (Å²) in [6.07, 6.45) is 5.53. The molecule has 2 heterocycles. The molecule has 16 heavy (non-hydrogen) atoms.